The van der Waals surface area contributed by atoms with Gasteiger partial charge in [0, 0.05) is 6.54 Å². The topological polar surface area (TPSA) is 107 Å². The first-order valence-corrected chi connectivity index (χ1v) is 5.46. The standard InChI is InChI=1S/C7H12N2O4S/c1-5(7(10)11)4-9-14(12,13)6(2)3-8/h5-6,9H,4H2,1-2H3,(H,10,11). The van der Waals surface area contributed by atoms with Crippen LogP contribution in [0.5, 0.6) is 0 Å². The van der Waals surface area contributed by atoms with Gasteiger partial charge in [0.25, 0.3) is 0 Å². The minimum atomic E-state index is -3.71. The summed E-state index contributed by atoms with van der Waals surface area (Å²) < 4.78 is 24.4. The van der Waals surface area contributed by atoms with Gasteiger partial charge in [0.15, 0.2) is 5.25 Å². The first-order valence-electron chi connectivity index (χ1n) is 3.92. The van der Waals surface area contributed by atoms with Gasteiger partial charge in [-0.1, -0.05) is 6.92 Å². The molecule has 2 N–H and O–H groups in total. The second-order valence-corrected chi connectivity index (χ2v) is 4.99. The zero-order chi connectivity index (χ0) is 11.4. The fourth-order valence-corrected chi connectivity index (χ4v) is 1.39. The summed E-state index contributed by atoms with van der Waals surface area (Å²) in [5.74, 6) is -1.90. The lowest BCUT2D eigenvalue weighted by atomic mass is 10.2. The third-order valence-corrected chi connectivity index (χ3v) is 3.26. The number of rotatable bonds is 5. The number of nitrogens with one attached hydrogen (secondary N) is 1. The molecular weight excluding hydrogens is 208 g/mol. The number of hydrogen-bond donors (Lipinski definition) is 2. The zero-order valence-corrected chi connectivity index (χ0v) is 8.71. The van der Waals surface area contributed by atoms with Crippen molar-refractivity contribution in [3.8, 4) is 6.07 Å². The van der Waals surface area contributed by atoms with Gasteiger partial charge in [0.05, 0.1) is 12.0 Å². The van der Waals surface area contributed by atoms with E-state index in [1.807, 2.05) is 0 Å². The van der Waals surface area contributed by atoms with Crippen molar-refractivity contribution in [3.05, 3.63) is 0 Å². The quantitative estimate of drug-likeness (QED) is 0.651. The Bertz CT molecular complexity index is 343. The van der Waals surface area contributed by atoms with E-state index >= 15 is 0 Å². The van der Waals surface area contributed by atoms with Crippen LogP contribution in [0.3, 0.4) is 0 Å². The van der Waals surface area contributed by atoms with Gasteiger partial charge in [-0.15, -0.1) is 0 Å². The van der Waals surface area contributed by atoms with Crippen molar-refractivity contribution in [1.82, 2.24) is 4.72 Å². The third-order valence-electron chi connectivity index (χ3n) is 1.66. The average Bonchev–Trinajstić information content (AvgIpc) is 2.12. The molecule has 0 saturated carbocycles. The first-order chi connectivity index (χ1) is 6.31. The fraction of sp³-hybridized carbons (Fsp3) is 0.714. The van der Waals surface area contributed by atoms with Crippen LogP contribution in [0.4, 0.5) is 0 Å². The van der Waals surface area contributed by atoms with E-state index in [2.05, 4.69) is 4.72 Å². The van der Waals surface area contributed by atoms with E-state index in [-0.39, 0.29) is 6.54 Å². The molecule has 80 valence electrons. The highest BCUT2D eigenvalue weighted by atomic mass is 32.2. The van der Waals surface area contributed by atoms with E-state index in [1.165, 1.54) is 13.8 Å². The predicted octanol–water partition coefficient (Wildman–Crippen LogP) is -0.461. The minimum absolute atomic E-state index is 0.205. The molecule has 2 atom stereocenters. The summed E-state index contributed by atoms with van der Waals surface area (Å²) in [6.45, 7) is 2.40. The Morgan fingerprint density at radius 1 is 1.57 bits per heavy atom. The molecule has 2 unspecified atom stereocenters. The van der Waals surface area contributed by atoms with Gasteiger partial charge in [0.1, 0.15) is 0 Å². The SMILES string of the molecule is CC(CNS(=O)(=O)C(C)C#N)C(=O)O. The van der Waals surface area contributed by atoms with E-state index in [9.17, 15) is 13.2 Å². The van der Waals surface area contributed by atoms with Crippen LogP contribution in [-0.2, 0) is 14.8 Å². The summed E-state index contributed by atoms with van der Waals surface area (Å²) in [4.78, 5) is 10.4. The van der Waals surface area contributed by atoms with Gasteiger partial charge in [-0.2, -0.15) is 5.26 Å². The molecule has 0 rings (SSSR count). The van der Waals surface area contributed by atoms with Crippen molar-refractivity contribution in [2.24, 2.45) is 5.92 Å². The van der Waals surface area contributed by atoms with Crippen LogP contribution in [0.25, 0.3) is 0 Å². The number of nitrogens with zero attached hydrogens (tertiary/aromatic N) is 1. The van der Waals surface area contributed by atoms with E-state index in [4.69, 9.17) is 10.4 Å². The van der Waals surface area contributed by atoms with Crippen molar-refractivity contribution >= 4 is 16.0 Å². The lowest BCUT2D eigenvalue weighted by Crippen LogP contribution is -2.36. The summed E-state index contributed by atoms with van der Waals surface area (Å²) >= 11 is 0. The molecule has 0 spiro atoms. The van der Waals surface area contributed by atoms with Crippen LogP contribution >= 0.6 is 0 Å². The first kappa shape index (κ1) is 12.9. The van der Waals surface area contributed by atoms with Crippen LogP contribution in [-0.4, -0.2) is 31.3 Å². The molecule has 0 fully saturated rings. The number of aliphatic carboxylic acids is 1. The van der Waals surface area contributed by atoms with Crippen molar-refractivity contribution < 1.29 is 18.3 Å². The molecule has 0 amide bonds. The minimum Gasteiger partial charge on any atom is -0.481 e. The van der Waals surface area contributed by atoms with Crippen molar-refractivity contribution in [1.29, 1.82) is 5.26 Å². The summed E-state index contributed by atoms with van der Waals surface area (Å²) in [5, 5.41) is 15.7. The van der Waals surface area contributed by atoms with E-state index in [1.54, 1.807) is 6.07 Å². The molecule has 0 radical (unpaired) electrons. The van der Waals surface area contributed by atoms with Crippen LogP contribution < -0.4 is 4.72 Å². The highest BCUT2D eigenvalue weighted by Crippen LogP contribution is 1.98. The molecule has 0 saturated heterocycles. The normalized spacial score (nSPS) is 15.5. The van der Waals surface area contributed by atoms with Crippen LogP contribution in [0.2, 0.25) is 0 Å². The molecule has 0 aliphatic carbocycles. The predicted molar refractivity (Wildman–Crippen MR) is 48.8 cm³/mol. The molecule has 0 bridgehead atoms. The molecule has 0 aliphatic heterocycles. The summed E-state index contributed by atoms with van der Waals surface area (Å²) in [6.07, 6.45) is 0. The lowest BCUT2D eigenvalue weighted by molar-refractivity contribution is -0.140. The summed E-state index contributed by atoms with van der Waals surface area (Å²) in [7, 11) is -3.71. The van der Waals surface area contributed by atoms with Crippen molar-refractivity contribution in [2.75, 3.05) is 6.54 Å². The van der Waals surface area contributed by atoms with Crippen molar-refractivity contribution in [2.45, 2.75) is 19.1 Å². The van der Waals surface area contributed by atoms with E-state index in [0.29, 0.717) is 0 Å². The highest BCUT2D eigenvalue weighted by Gasteiger charge is 2.21. The average molecular weight is 220 g/mol. The van der Waals surface area contributed by atoms with Gasteiger partial charge in [0.2, 0.25) is 10.0 Å². The van der Waals surface area contributed by atoms with Crippen LogP contribution in [0.15, 0.2) is 0 Å². The zero-order valence-electron chi connectivity index (χ0n) is 7.89. The molecule has 6 nitrogen and oxygen atoms in total. The molecule has 14 heavy (non-hydrogen) atoms. The number of carboxylic acids is 1. The highest BCUT2D eigenvalue weighted by molar-refractivity contribution is 7.90. The van der Waals surface area contributed by atoms with Gasteiger partial charge in [-0.05, 0) is 6.92 Å². The second-order valence-electron chi connectivity index (χ2n) is 2.90. The molecule has 0 aliphatic rings. The van der Waals surface area contributed by atoms with Crippen LogP contribution in [0.1, 0.15) is 13.8 Å². The molecule has 0 aromatic rings. The maximum atomic E-state index is 11.2. The van der Waals surface area contributed by atoms with Crippen molar-refractivity contribution in [3.63, 3.8) is 0 Å². The monoisotopic (exact) mass is 220 g/mol. The number of hydrogen-bond acceptors (Lipinski definition) is 4. The Labute approximate surface area is 82.6 Å². The summed E-state index contributed by atoms with van der Waals surface area (Å²) in [6, 6.07) is 1.56. The molecule has 0 aromatic heterocycles. The number of carbonyl (C=O) groups is 1. The number of sulfonamides is 1. The Kier molecular flexibility index (Phi) is 4.53. The maximum Gasteiger partial charge on any atom is 0.307 e. The Morgan fingerprint density at radius 3 is 2.43 bits per heavy atom. The maximum absolute atomic E-state index is 11.2. The largest absolute Gasteiger partial charge is 0.481 e. The Balaban J connectivity index is 4.29. The lowest BCUT2D eigenvalue weighted by Gasteiger charge is -2.09. The number of carboxylic acid groups (broad SMARTS) is 1. The van der Waals surface area contributed by atoms with Gasteiger partial charge in [-0.3, -0.25) is 4.79 Å². The third kappa shape index (κ3) is 3.72. The molecule has 7 heteroatoms. The number of nitriles is 1. The molecule has 0 heterocycles. The van der Waals surface area contributed by atoms with Gasteiger partial charge >= 0.3 is 5.97 Å². The fourth-order valence-electron chi connectivity index (χ4n) is 0.523. The smallest absolute Gasteiger partial charge is 0.307 e. The van der Waals surface area contributed by atoms with Crippen LogP contribution in [0, 0.1) is 17.2 Å². The molecular formula is C7H12N2O4S. The van der Waals surface area contributed by atoms with E-state index < -0.39 is 27.2 Å². The second kappa shape index (κ2) is 4.93. The molecule has 0 aromatic carbocycles. The van der Waals surface area contributed by atoms with E-state index in [0.717, 1.165) is 0 Å². The summed E-state index contributed by atoms with van der Waals surface area (Å²) in [5.41, 5.74) is 0. The van der Waals surface area contributed by atoms with Gasteiger partial charge < -0.3 is 5.11 Å². The van der Waals surface area contributed by atoms with Gasteiger partial charge in [-0.25, -0.2) is 13.1 Å². The Morgan fingerprint density at radius 2 is 2.07 bits per heavy atom. The Hall–Kier alpha value is -1.13.